The predicted octanol–water partition coefficient (Wildman–Crippen LogP) is 3.06. The van der Waals surface area contributed by atoms with E-state index in [0.29, 0.717) is 11.3 Å². The van der Waals surface area contributed by atoms with Crippen molar-refractivity contribution in [2.24, 2.45) is 0 Å². The second kappa shape index (κ2) is 3.67. The molecule has 0 atom stereocenters. The highest BCUT2D eigenvalue weighted by atomic mass is 79.9. The van der Waals surface area contributed by atoms with Crippen molar-refractivity contribution in [1.82, 2.24) is 0 Å². The standard InChI is InChI=1S/C8H7BrFNO/c1-5-4-6(11-8(9)12)2-3-7(5)10/h2-4H,1H3,(H,11,12). The van der Waals surface area contributed by atoms with Gasteiger partial charge in [0.1, 0.15) is 5.82 Å². The molecule has 0 aromatic heterocycles. The lowest BCUT2D eigenvalue weighted by Gasteiger charge is -2.01. The fourth-order valence-electron chi connectivity index (χ4n) is 0.836. The van der Waals surface area contributed by atoms with E-state index in [0.717, 1.165) is 0 Å². The Bertz CT molecular complexity index is 314. The number of halogens is 2. The van der Waals surface area contributed by atoms with Gasteiger partial charge < -0.3 is 5.32 Å². The molecule has 0 saturated carbocycles. The SMILES string of the molecule is Cc1cc(NC(=O)Br)ccc1F. The highest BCUT2D eigenvalue weighted by Crippen LogP contribution is 2.14. The lowest BCUT2D eigenvalue weighted by Crippen LogP contribution is -2.00. The van der Waals surface area contributed by atoms with Crippen LogP contribution in [0.5, 0.6) is 0 Å². The van der Waals surface area contributed by atoms with E-state index in [1.807, 2.05) is 0 Å². The summed E-state index contributed by atoms with van der Waals surface area (Å²) in [5.74, 6) is -0.275. The second-order valence-corrected chi connectivity index (χ2v) is 3.08. The van der Waals surface area contributed by atoms with Crippen LogP contribution in [0.1, 0.15) is 5.56 Å². The Morgan fingerprint density at radius 3 is 2.75 bits per heavy atom. The van der Waals surface area contributed by atoms with Gasteiger partial charge in [0.15, 0.2) is 0 Å². The van der Waals surface area contributed by atoms with E-state index in [-0.39, 0.29) is 10.6 Å². The van der Waals surface area contributed by atoms with Crippen molar-refractivity contribution in [3.05, 3.63) is 29.6 Å². The first-order valence-corrected chi connectivity index (χ1v) is 4.11. The number of hydrogen-bond acceptors (Lipinski definition) is 1. The average Bonchev–Trinajstić information content (AvgIpc) is 1.96. The van der Waals surface area contributed by atoms with Crippen LogP contribution in [0, 0.1) is 12.7 Å². The van der Waals surface area contributed by atoms with E-state index in [9.17, 15) is 9.18 Å². The van der Waals surface area contributed by atoms with Crippen molar-refractivity contribution in [3.63, 3.8) is 0 Å². The first kappa shape index (κ1) is 9.19. The van der Waals surface area contributed by atoms with Crippen LogP contribution in [-0.2, 0) is 0 Å². The molecule has 0 aliphatic rings. The quantitative estimate of drug-likeness (QED) is 0.585. The first-order chi connectivity index (χ1) is 5.59. The predicted molar refractivity (Wildman–Crippen MR) is 49.1 cm³/mol. The van der Waals surface area contributed by atoms with Gasteiger partial charge in [-0.3, -0.25) is 4.79 Å². The molecule has 0 heterocycles. The first-order valence-electron chi connectivity index (χ1n) is 3.32. The van der Waals surface area contributed by atoms with E-state index in [1.54, 1.807) is 13.0 Å². The van der Waals surface area contributed by atoms with Crippen molar-refractivity contribution in [3.8, 4) is 0 Å². The molecule has 4 heteroatoms. The summed E-state index contributed by atoms with van der Waals surface area (Å²) in [5, 5.41) is 2.48. The van der Waals surface area contributed by atoms with Gasteiger partial charge in [0.25, 0.3) is 4.82 Å². The highest BCUT2D eigenvalue weighted by molar-refractivity contribution is 9.18. The molecule has 1 rings (SSSR count). The number of nitrogens with one attached hydrogen (secondary N) is 1. The van der Waals surface area contributed by atoms with E-state index in [1.165, 1.54) is 12.1 Å². The second-order valence-electron chi connectivity index (χ2n) is 2.36. The third-order valence-corrected chi connectivity index (χ3v) is 1.60. The van der Waals surface area contributed by atoms with Gasteiger partial charge in [0, 0.05) is 21.6 Å². The monoisotopic (exact) mass is 231 g/mol. The molecule has 1 N–H and O–H groups in total. The van der Waals surface area contributed by atoms with Gasteiger partial charge in [0.2, 0.25) is 0 Å². The van der Waals surface area contributed by atoms with Crippen molar-refractivity contribution in [1.29, 1.82) is 0 Å². The Morgan fingerprint density at radius 1 is 1.58 bits per heavy atom. The molecule has 1 amide bonds. The summed E-state index contributed by atoms with van der Waals surface area (Å²) in [7, 11) is 0. The van der Waals surface area contributed by atoms with E-state index >= 15 is 0 Å². The summed E-state index contributed by atoms with van der Waals surface area (Å²) < 4.78 is 12.7. The number of amides is 1. The molecule has 0 radical (unpaired) electrons. The maximum absolute atomic E-state index is 12.7. The molecule has 0 spiro atoms. The van der Waals surface area contributed by atoms with Crippen molar-refractivity contribution in [2.45, 2.75) is 6.92 Å². The largest absolute Gasteiger partial charge is 0.317 e. The van der Waals surface area contributed by atoms with Crippen LogP contribution in [0.2, 0.25) is 0 Å². The Balaban J connectivity index is 2.89. The molecule has 0 fully saturated rings. The molecule has 64 valence electrons. The lowest BCUT2D eigenvalue weighted by atomic mass is 10.2. The third kappa shape index (κ3) is 2.30. The fraction of sp³-hybridized carbons (Fsp3) is 0.125. The van der Waals surface area contributed by atoms with Gasteiger partial charge in [-0.25, -0.2) is 4.39 Å². The maximum atomic E-state index is 12.7. The van der Waals surface area contributed by atoms with E-state index in [4.69, 9.17) is 0 Å². The van der Waals surface area contributed by atoms with Crippen molar-refractivity contribution in [2.75, 3.05) is 5.32 Å². The van der Waals surface area contributed by atoms with Crippen LogP contribution >= 0.6 is 15.9 Å². The topological polar surface area (TPSA) is 29.1 Å². The molecule has 12 heavy (non-hydrogen) atoms. The summed E-state index contributed by atoms with van der Waals surface area (Å²) in [6.07, 6.45) is 0. The Morgan fingerprint density at radius 2 is 2.25 bits per heavy atom. The minimum atomic E-state index is -0.339. The molecule has 0 saturated heterocycles. The normalized spacial score (nSPS) is 9.58. The molecule has 0 unspecified atom stereocenters. The van der Waals surface area contributed by atoms with E-state index < -0.39 is 0 Å². The lowest BCUT2D eigenvalue weighted by molar-refractivity contribution is 0.270. The minimum absolute atomic E-state index is 0.275. The van der Waals surface area contributed by atoms with Crippen molar-refractivity contribution >= 4 is 26.4 Å². The van der Waals surface area contributed by atoms with Crippen LogP contribution in [0.15, 0.2) is 18.2 Å². The maximum Gasteiger partial charge on any atom is 0.291 e. The van der Waals surface area contributed by atoms with Crippen LogP contribution < -0.4 is 5.32 Å². The summed E-state index contributed by atoms with van der Waals surface area (Å²) in [6, 6.07) is 4.38. The van der Waals surface area contributed by atoms with Gasteiger partial charge in [-0.15, -0.1) is 0 Å². The molecule has 0 aliphatic heterocycles. The van der Waals surface area contributed by atoms with Crippen LogP contribution in [0.4, 0.5) is 14.9 Å². The average molecular weight is 232 g/mol. The Kier molecular flexibility index (Phi) is 2.81. The fourth-order valence-corrected chi connectivity index (χ4v) is 1.06. The smallest absolute Gasteiger partial charge is 0.291 e. The van der Waals surface area contributed by atoms with Crippen LogP contribution in [0.3, 0.4) is 0 Å². The molecular formula is C8H7BrFNO. The zero-order chi connectivity index (χ0) is 9.14. The number of hydrogen-bond donors (Lipinski definition) is 1. The Labute approximate surface area is 77.9 Å². The Hall–Kier alpha value is -0.900. The molecule has 1 aromatic rings. The van der Waals surface area contributed by atoms with Crippen LogP contribution in [-0.4, -0.2) is 4.82 Å². The van der Waals surface area contributed by atoms with E-state index in [2.05, 4.69) is 21.2 Å². The van der Waals surface area contributed by atoms with Gasteiger partial charge in [-0.05, 0) is 30.7 Å². The molecule has 0 bridgehead atoms. The summed E-state index contributed by atoms with van der Waals surface area (Å²) in [5.41, 5.74) is 1.09. The van der Waals surface area contributed by atoms with Crippen molar-refractivity contribution < 1.29 is 9.18 Å². The summed E-state index contributed by atoms with van der Waals surface area (Å²) >= 11 is 2.71. The van der Waals surface area contributed by atoms with Gasteiger partial charge in [-0.1, -0.05) is 0 Å². The number of aryl methyl sites for hydroxylation is 1. The number of rotatable bonds is 1. The number of carbonyl (C=O) groups excluding carboxylic acids is 1. The number of carbonyl (C=O) groups is 1. The van der Waals surface area contributed by atoms with Gasteiger partial charge in [-0.2, -0.15) is 0 Å². The third-order valence-electron chi connectivity index (χ3n) is 1.40. The molecule has 1 aromatic carbocycles. The van der Waals surface area contributed by atoms with Crippen LogP contribution in [0.25, 0.3) is 0 Å². The highest BCUT2D eigenvalue weighted by Gasteiger charge is 2.00. The zero-order valence-corrected chi connectivity index (χ0v) is 7.98. The molecule has 0 aliphatic carbocycles. The summed E-state index contributed by atoms with van der Waals surface area (Å²) in [6.45, 7) is 1.64. The summed E-state index contributed by atoms with van der Waals surface area (Å²) in [4.78, 5) is 10.2. The number of benzene rings is 1. The minimum Gasteiger partial charge on any atom is -0.317 e. The zero-order valence-electron chi connectivity index (χ0n) is 6.40. The molecule has 2 nitrogen and oxygen atoms in total. The van der Waals surface area contributed by atoms with Gasteiger partial charge >= 0.3 is 0 Å². The van der Waals surface area contributed by atoms with Gasteiger partial charge in [0.05, 0.1) is 0 Å². The number of anilines is 1. The molecular weight excluding hydrogens is 225 g/mol.